The minimum Gasteiger partial charge on any atom is -0.456 e. The third-order valence-electron chi connectivity index (χ3n) is 13.1. The van der Waals surface area contributed by atoms with Gasteiger partial charge < -0.3 is 4.42 Å². The fourth-order valence-corrected chi connectivity index (χ4v) is 10.3. The first kappa shape index (κ1) is 35.5. The van der Waals surface area contributed by atoms with Crippen molar-refractivity contribution in [2.75, 3.05) is 0 Å². The fraction of sp³-hybridized carbons (Fsp3) is 0.105. The summed E-state index contributed by atoms with van der Waals surface area (Å²) in [5, 5.41) is 2.16. The van der Waals surface area contributed by atoms with Crippen LogP contribution in [-0.4, -0.2) is 15.0 Å². The van der Waals surface area contributed by atoms with Gasteiger partial charge in [0.25, 0.3) is 0 Å². The predicted octanol–water partition coefficient (Wildman–Crippen LogP) is 15.0. The second-order valence-electron chi connectivity index (χ2n) is 16.6. The molecule has 0 radical (unpaired) electrons. The lowest BCUT2D eigenvalue weighted by atomic mass is 9.66. The summed E-state index contributed by atoms with van der Waals surface area (Å²) in [6.07, 6.45) is 6.25. The maximum absolute atomic E-state index is 6.32. The summed E-state index contributed by atoms with van der Waals surface area (Å²) >= 11 is 0. The summed E-state index contributed by atoms with van der Waals surface area (Å²) in [5.41, 5.74) is 17.4. The Labute approximate surface area is 355 Å². The quantitative estimate of drug-likeness (QED) is 0.169. The molecule has 4 nitrogen and oxygen atoms in total. The molecular weight excluding hydrogens is 743 g/mol. The van der Waals surface area contributed by atoms with Gasteiger partial charge in [-0.1, -0.05) is 171 Å². The van der Waals surface area contributed by atoms with Crippen molar-refractivity contribution in [2.24, 2.45) is 0 Å². The molecule has 4 heteroatoms. The second kappa shape index (κ2) is 14.4. The van der Waals surface area contributed by atoms with Crippen LogP contribution in [0.4, 0.5) is 0 Å². The Kier molecular flexibility index (Phi) is 8.38. The molecule has 0 atom stereocenters. The number of para-hydroxylation sites is 1. The Bertz CT molecular complexity index is 3300. The average molecular weight is 784 g/mol. The lowest BCUT2D eigenvalue weighted by Crippen LogP contribution is -2.28. The number of hydrogen-bond acceptors (Lipinski definition) is 4. The zero-order valence-electron chi connectivity index (χ0n) is 33.7. The van der Waals surface area contributed by atoms with E-state index in [-0.39, 0.29) is 5.41 Å². The molecule has 8 aromatic carbocycles. The van der Waals surface area contributed by atoms with Gasteiger partial charge in [-0.05, 0) is 105 Å². The van der Waals surface area contributed by atoms with E-state index in [1.807, 2.05) is 24.3 Å². The van der Waals surface area contributed by atoms with Crippen LogP contribution in [-0.2, 0) is 5.41 Å². The van der Waals surface area contributed by atoms with Gasteiger partial charge in [-0.25, -0.2) is 15.0 Å². The van der Waals surface area contributed by atoms with Gasteiger partial charge >= 0.3 is 0 Å². The summed E-state index contributed by atoms with van der Waals surface area (Å²) in [4.78, 5) is 15.5. The Morgan fingerprint density at radius 3 is 1.59 bits per heavy atom. The molecule has 2 aliphatic rings. The highest BCUT2D eigenvalue weighted by atomic mass is 16.3. The molecule has 2 aromatic heterocycles. The minimum absolute atomic E-state index is 0.0698. The Morgan fingerprint density at radius 1 is 0.344 bits per heavy atom. The topological polar surface area (TPSA) is 51.8 Å². The highest BCUT2D eigenvalue weighted by Crippen LogP contribution is 2.58. The first-order chi connectivity index (χ1) is 30.2. The summed E-state index contributed by atoms with van der Waals surface area (Å²) in [6, 6.07) is 67.1. The average Bonchev–Trinajstić information content (AvgIpc) is 3.84. The van der Waals surface area contributed by atoms with Crippen LogP contribution in [0.25, 0.3) is 101 Å². The third-order valence-corrected chi connectivity index (χ3v) is 13.1. The molecule has 2 heterocycles. The van der Waals surface area contributed by atoms with Crippen LogP contribution in [0.15, 0.2) is 192 Å². The molecule has 1 spiro atoms. The number of rotatable bonds is 6. The van der Waals surface area contributed by atoms with E-state index in [9.17, 15) is 0 Å². The Balaban J connectivity index is 0.970. The van der Waals surface area contributed by atoms with Crippen LogP contribution in [0, 0.1) is 0 Å². The molecule has 10 aromatic rings. The van der Waals surface area contributed by atoms with Crippen LogP contribution < -0.4 is 0 Å². The maximum Gasteiger partial charge on any atom is 0.164 e. The summed E-state index contributed by atoms with van der Waals surface area (Å²) < 4.78 is 6.32. The van der Waals surface area contributed by atoms with Gasteiger partial charge in [-0.2, -0.15) is 0 Å². The van der Waals surface area contributed by atoms with Crippen LogP contribution >= 0.6 is 0 Å². The Hall–Kier alpha value is -7.43. The lowest BCUT2D eigenvalue weighted by Gasteiger charge is -2.37. The molecule has 0 aliphatic heterocycles. The molecule has 0 bridgehead atoms. The molecule has 12 rings (SSSR count). The van der Waals surface area contributed by atoms with Gasteiger partial charge in [0.1, 0.15) is 11.2 Å². The number of aromatic nitrogens is 3. The SMILES string of the molecule is c1ccc(-c2cccc(-c3nc(-c4cccc(-c5cccc(-c6cccc7c6C6(CCCCC6)c6ccccc6-7)c5)c4)nc(-c4ccc5c(c4)oc4ccccc45)n3)c2)cc1. The molecule has 0 amide bonds. The molecule has 1 fully saturated rings. The molecular formula is C57H41N3O. The van der Waals surface area contributed by atoms with Crippen molar-refractivity contribution in [3.05, 3.63) is 199 Å². The molecule has 0 unspecified atom stereocenters. The lowest BCUT2D eigenvalue weighted by molar-refractivity contribution is 0.353. The van der Waals surface area contributed by atoms with Gasteiger partial charge in [0, 0.05) is 32.9 Å². The van der Waals surface area contributed by atoms with Crippen molar-refractivity contribution in [3.63, 3.8) is 0 Å². The van der Waals surface area contributed by atoms with Crippen LogP contribution in [0.5, 0.6) is 0 Å². The molecule has 0 saturated heterocycles. The zero-order valence-corrected chi connectivity index (χ0v) is 33.7. The number of benzene rings is 8. The second-order valence-corrected chi connectivity index (χ2v) is 16.6. The van der Waals surface area contributed by atoms with E-state index in [4.69, 9.17) is 19.4 Å². The van der Waals surface area contributed by atoms with Gasteiger partial charge in [0.15, 0.2) is 17.5 Å². The molecule has 290 valence electrons. The van der Waals surface area contributed by atoms with Crippen molar-refractivity contribution in [1.82, 2.24) is 15.0 Å². The van der Waals surface area contributed by atoms with Crippen molar-refractivity contribution < 1.29 is 4.42 Å². The van der Waals surface area contributed by atoms with Crippen LogP contribution in [0.1, 0.15) is 43.2 Å². The van der Waals surface area contributed by atoms with Gasteiger partial charge in [0.05, 0.1) is 0 Å². The van der Waals surface area contributed by atoms with Crippen molar-refractivity contribution in [2.45, 2.75) is 37.5 Å². The molecule has 0 N–H and O–H groups in total. The Morgan fingerprint density at radius 2 is 0.852 bits per heavy atom. The summed E-state index contributed by atoms with van der Waals surface area (Å²) in [7, 11) is 0. The number of nitrogens with zero attached hydrogens (tertiary/aromatic N) is 3. The van der Waals surface area contributed by atoms with Crippen LogP contribution in [0.2, 0.25) is 0 Å². The van der Waals surface area contributed by atoms with Crippen LogP contribution in [0.3, 0.4) is 0 Å². The highest BCUT2D eigenvalue weighted by Gasteiger charge is 2.45. The fourth-order valence-electron chi connectivity index (χ4n) is 10.3. The predicted molar refractivity (Wildman–Crippen MR) is 249 cm³/mol. The van der Waals surface area contributed by atoms with Gasteiger partial charge in [-0.3, -0.25) is 0 Å². The van der Waals surface area contributed by atoms with E-state index in [1.54, 1.807) is 0 Å². The summed E-state index contributed by atoms with van der Waals surface area (Å²) in [5.74, 6) is 1.83. The number of furan rings is 1. The minimum atomic E-state index is 0.0698. The normalized spacial score (nSPS) is 14.0. The first-order valence-corrected chi connectivity index (χ1v) is 21.5. The van der Waals surface area contributed by atoms with Crippen molar-refractivity contribution in [1.29, 1.82) is 0 Å². The maximum atomic E-state index is 6.32. The van der Waals surface area contributed by atoms with E-state index in [2.05, 4.69) is 164 Å². The zero-order chi connectivity index (χ0) is 40.3. The van der Waals surface area contributed by atoms with Gasteiger partial charge in [-0.15, -0.1) is 0 Å². The van der Waals surface area contributed by atoms with E-state index in [0.717, 1.165) is 60.9 Å². The van der Waals surface area contributed by atoms with E-state index >= 15 is 0 Å². The van der Waals surface area contributed by atoms with E-state index < -0.39 is 0 Å². The monoisotopic (exact) mass is 783 g/mol. The molecule has 2 aliphatic carbocycles. The van der Waals surface area contributed by atoms with E-state index in [0.29, 0.717) is 17.5 Å². The first-order valence-electron chi connectivity index (χ1n) is 21.5. The standard InChI is InChI=1S/C57H41N3O/c1-3-15-37(16-4-1)38-17-12-21-42(34-38)54-58-55(60-56(59-54)44-29-30-48-47-24-6-8-28-51(47)61-52(48)36-44)43-22-13-19-40(35-43)39-18-11-20-41(33-39)45-25-14-26-49-46-23-5-7-27-50(46)57(53(45)49)31-9-2-10-32-57/h1,3-8,11-30,33-36H,2,9-10,31-32H2. The number of fused-ring (bicyclic) bond motifs is 8. The van der Waals surface area contributed by atoms with Crippen molar-refractivity contribution in [3.8, 4) is 78.7 Å². The number of hydrogen-bond donors (Lipinski definition) is 0. The summed E-state index contributed by atoms with van der Waals surface area (Å²) in [6.45, 7) is 0. The largest absolute Gasteiger partial charge is 0.456 e. The highest BCUT2D eigenvalue weighted by molar-refractivity contribution is 6.05. The molecule has 61 heavy (non-hydrogen) atoms. The smallest absolute Gasteiger partial charge is 0.164 e. The van der Waals surface area contributed by atoms with Crippen molar-refractivity contribution >= 4 is 21.9 Å². The molecule has 1 saturated carbocycles. The third kappa shape index (κ3) is 6.01. The van der Waals surface area contributed by atoms with E-state index in [1.165, 1.54) is 65.5 Å². The van der Waals surface area contributed by atoms with Gasteiger partial charge in [0.2, 0.25) is 0 Å².